The summed E-state index contributed by atoms with van der Waals surface area (Å²) in [4.78, 5) is 22.9. The van der Waals surface area contributed by atoms with Crippen molar-refractivity contribution < 1.29 is 19.8 Å². The van der Waals surface area contributed by atoms with Crippen molar-refractivity contribution in [1.29, 1.82) is 0 Å². The van der Waals surface area contributed by atoms with Crippen LogP contribution in [0.15, 0.2) is 0 Å². The molecule has 0 aliphatic carbocycles. The van der Waals surface area contributed by atoms with E-state index in [0.717, 1.165) is 4.90 Å². The molecule has 17 heavy (non-hydrogen) atoms. The van der Waals surface area contributed by atoms with Crippen LogP contribution in [0.1, 0.15) is 12.8 Å². The lowest BCUT2D eigenvalue weighted by Crippen LogP contribution is -2.43. The standard InChI is InChI=1S/C11H17NO4Si/c1-17(2,3)7-6-8-4-5-9(10(13)14)12(8)11(15)16/h8-9H,4-5H2,1-3H3,(H,13,14)(H,15,16)/t8-,9+/m1/s1. The monoisotopic (exact) mass is 255 g/mol. The lowest BCUT2D eigenvalue weighted by Gasteiger charge is -2.21. The van der Waals surface area contributed by atoms with Crippen LogP contribution in [0, 0.1) is 11.5 Å². The van der Waals surface area contributed by atoms with E-state index in [-0.39, 0.29) is 0 Å². The number of hydrogen-bond donors (Lipinski definition) is 2. The van der Waals surface area contributed by atoms with Crippen molar-refractivity contribution in [1.82, 2.24) is 4.90 Å². The van der Waals surface area contributed by atoms with Gasteiger partial charge in [0.1, 0.15) is 14.1 Å². The minimum atomic E-state index is -1.57. The molecule has 0 unspecified atom stereocenters. The molecular weight excluding hydrogens is 238 g/mol. The van der Waals surface area contributed by atoms with E-state index in [1.807, 2.05) is 0 Å². The van der Waals surface area contributed by atoms with E-state index >= 15 is 0 Å². The van der Waals surface area contributed by atoms with E-state index < -0.39 is 32.2 Å². The first-order valence-corrected chi connectivity index (χ1v) is 8.99. The smallest absolute Gasteiger partial charge is 0.409 e. The summed E-state index contributed by atoms with van der Waals surface area (Å²) in [5.41, 5.74) is 3.10. The number of carbonyl (C=O) groups is 2. The Balaban J connectivity index is 2.90. The number of likely N-dealkylation sites (tertiary alicyclic amines) is 1. The summed E-state index contributed by atoms with van der Waals surface area (Å²) in [5.74, 6) is 1.84. The van der Waals surface area contributed by atoms with Crippen molar-refractivity contribution in [2.45, 2.75) is 44.6 Å². The zero-order valence-corrected chi connectivity index (χ0v) is 11.2. The Morgan fingerprint density at radius 1 is 1.24 bits per heavy atom. The van der Waals surface area contributed by atoms with Gasteiger partial charge in [-0.3, -0.25) is 4.90 Å². The molecule has 1 rings (SSSR count). The summed E-state index contributed by atoms with van der Waals surface area (Å²) in [6.45, 7) is 6.19. The third-order valence-corrected chi connectivity index (χ3v) is 3.40. The second-order valence-electron chi connectivity index (χ2n) is 5.16. The molecule has 1 saturated heterocycles. The number of hydrogen-bond acceptors (Lipinski definition) is 2. The predicted molar refractivity (Wildman–Crippen MR) is 65.4 cm³/mol. The van der Waals surface area contributed by atoms with E-state index in [2.05, 4.69) is 31.1 Å². The maximum atomic E-state index is 11.1. The first-order chi connectivity index (χ1) is 7.72. The molecule has 2 N–H and O–H groups in total. The SMILES string of the molecule is C[Si](C)(C)C#C[C@H]1CC[C@@H](C(=O)O)N1C(=O)O. The van der Waals surface area contributed by atoms with Gasteiger partial charge in [0.25, 0.3) is 0 Å². The predicted octanol–water partition coefficient (Wildman–Crippen LogP) is 1.46. The Morgan fingerprint density at radius 3 is 2.24 bits per heavy atom. The van der Waals surface area contributed by atoms with E-state index in [1.165, 1.54) is 0 Å². The summed E-state index contributed by atoms with van der Waals surface area (Å²) in [5, 5.41) is 18.0. The molecule has 0 bridgehead atoms. The van der Waals surface area contributed by atoms with Gasteiger partial charge in [-0.05, 0) is 12.8 Å². The molecule has 0 aromatic carbocycles. The topological polar surface area (TPSA) is 77.8 Å². The molecule has 0 saturated carbocycles. The van der Waals surface area contributed by atoms with Gasteiger partial charge in [-0.2, -0.15) is 0 Å². The molecule has 1 aliphatic rings. The fourth-order valence-electron chi connectivity index (χ4n) is 1.76. The number of rotatable bonds is 1. The normalized spacial score (nSPS) is 24.1. The maximum absolute atomic E-state index is 11.1. The van der Waals surface area contributed by atoms with Crippen molar-refractivity contribution in [3.8, 4) is 11.5 Å². The molecule has 6 heteroatoms. The molecule has 0 spiro atoms. The lowest BCUT2D eigenvalue weighted by atomic mass is 10.2. The van der Waals surface area contributed by atoms with Crippen LogP contribution in [0.2, 0.25) is 19.6 Å². The van der Waals surface area contributed by atoms with Crippen molar-refractivity contribution in [2.24, 2.45) is 0 Å². The second-order valence-corrected chi connectivity index (χ2v) is 9.91. The third-order valence-electron chi connectivity index (χ3n) is 2.50. The summed E-state index contributed by atoms with van der Waals surface area (Å²) < 4.78 is 0. The van der Waals surface area contributed by atoms with Crippen LogP contribution in [-0.2, 0) is 4.79 Å². The average Bonchev–Trinajstić information content (AvgIpc) is 2.56. The second kappa shape index (κ2) is 4.80. The molecule has 1 amide bonds. The maximum Gasteiger partial charge on any atom is 0.409 e. The number of aliphatic carboxylic acids is 1. The highest BCUT2D eigenvalue weighted by Crippen LogP contribution is 2.24. The van der Waals surface area contributed by atoms with Crippen molar-refractivity contribution >= 4 is 20.1 Å². The van der Waals surface area contributed by atoms with Gasteiger partial charge in [-0.1, -0.05) is 25.6 Å². The largest absolute Gasteiger partial charge is 0.480 e. The highest BCUT2D eigenvalue weighted by molar-refractivity contribution is 6.83. The van der Waals surface area contributed by atoms with E-state index in [0.29, 0.717) is 12.8 Å². The molecule has 1 fully saturated rings. The first-order valence-electron chi connectivity index (χ1n) is 5.49. The Hall–Kier alpha value is -1.48. The summed E-state index contributed by atoms with van der Waals surface area (Å²) >= 11 is 0. The average molecular weight is 255 g/mol. The zero-order chi connectivity index (χ0) is 13.2. The van der Waals surface area contributed by atoms with Crippen LogP contribution in [-0.4, -0.2) is 47.3 Å². The number of carboxylic acid groups (broad SMARTS) is 2. The molecule has 1 heterocycles. The van der Waals surface area contributed by atoms with Gasteiger partial charge in [-0.25, -0.2) is 9.59 Å². The summed E-state index contributed by atoms with van der Waals surface area (Å²) in [6, 6.07) is -1.42. The molecular formula is C11H17NO4Si. The fourth-order valence-corrected chi connectivity index (χ4v) is 2.36. The van der Waals surface area contributed by atoms with Crippen LogP contribution in [0.25, 0.3) is 0 Å². The van der Waals surface area contributed by atoms with Gasteiger partial charge in [0.15, 0.2) is 0 Å². The van der Waals surface area contributed by atoms with Gasteiger partial charge in [0, 0.05) is 0 Å². The van der Waals surface area contributed by atoms with Gasteiger partial charge in [-0.15, -0.1) is 5.54 Å². The van der Waals surface area contributed by atoms with Gasteiger partial charge >= 0.3 is 12.1 Å². The van der Waals surface area contributed by atoms with E-state index in [9.17, 15) is 9.59 Å². The van der Waals surface area contributed by atoms with Crippen molar-refractivity contribution in [3.63, 3.8) is 0 Å². The number of amides is 1. The molecule has 0 aromatic rings. The highest BCUT2D eigenvalue weighted by Gasteiger charge is 2.40. The minimum absolute atomic E-state index is 0.340. The Bertz CT molecular complexity index is 391. The highest BCUT2D eigenvalue weighted by atomic mass is 28.3. The molecule has 0 aromatic heterocycles. The Morgan fingerprint density at radius 2 is 1.82 bits per heavy atom. The molecule has 1 aliphatic heterocycles. The molecule has 94 valence electrons. The zero-order valence-electron chi connectivity index (χ0n) is 10.2. The molecule has 0 radical (unpaired) electrons. The quantitative estimate of drug-likeness (QED) is 0.549. The van der Waals surface area contributed by atoms with Crippen molar-refractivity contribution in [2.75, 3.05) is 0 Å². The van der Waals surface area contributed by atoms with Crippen LogP contribution in [0.5, 0.6) is 0 Å². The molecule has 2 atom stereocenters. The van der Waals surface area contributed by atoms with Crippen LogP contribution >= 0.6 is 0 Å². The fraction of sp³-hybridized carbons (Fsp3) is 0.636. The first kappa shape index (κ1) is 13.6. The Kier molecular flexibility index (Phi) is 3.83. The van der Waals surface area contributed by atoms with Gasteiger partial charge in [0.05, 0.1) is 6.04 Å². The van der Waals surface area contributed by atoms with Crippen molar-refractivity contribution in [3.05, 3.63) is 0 Å². The lowest BCUT2D eigenvalue weighted by molar-refractivity contribution is -0.141. The Labute approximate surface area is 101 Å². The van der Waals surface area contributed by atoms with Gasteiger partial charge < -0.3 is 10.2 Å². The summed E-state index contributed by atoms with van der Waals surface area (Å²) in [6.07, 6.45) is -0.363. The van der Waals surface area contributed by atoms with Crippen LogP contribution in [0.3, 0.4) is 0 Å². The minimum Gasteiger partial charge on any atom is -0.480 e. The third kappa shape index (κ3) is 3.49. The van der Waals surface area contributed by atoms with E-state index in [4.69, 9.17) is 10.2 Å². The molecule has 5 nitrogen and oxygen atoms in total. The van der Waals surface area contributed by atoms with Crippen LogP contribution < -0.4 is 0 Å². The van der Waals surface area contributed by atoms with Crippen LogP contribution in [0.4, 0.5) is 4.79 Å². The van der Waals surface area contributed by atoms with E-state index in [1.54, 1.807) is 0 Å². The number of carboxylic acids is 1. The summed E-state index contributed by atoms with van der Waals surface area (Å²) in [7, 11) is -1.57. The number of nitrogens with zero attached hydrogens (tertiary/aromatic N) is 1. The van der Waals surface area contributed by atoms with Gasteiger partial charge in [0.2, 0.25) is 0 Å².